The van der Waals surface area contributed by atoms with Crippen LogP contribution in [0.15, 0.2) is 11.4 Å². The molecule has 1 aliphatic carbocycles. The molecule has 3 nitrogen and oxygen atoms in total. The second-order valence-corrected chi connectivity index (χ2v) is 5.83. The first kappa shape index (κ1) is 11.7. The van der Waals surface area contributed by atoms with Gasteiger partial charge in [-0.05, 0) is 32.8 Å². The summed E-state index contributed by atoms with van der Waals surface area (Å²) in [5.41, 5.74) is 4.39. The number of carbonyl (C=O) groups excluding carboxylic acids is 1. The maximum atomic E-state index is 11.9. The molecule has 94 valence electrons. The number of aryl methyl sites for hydroxylation is 2. The molecule has 0 radical (unpaired) electrons. The largest absolute Gasteiger partial charge is 0.341 e. The van der Waals surface area contributed by atoms with Crippen LogP contribution < -0.4 is 0 Å². The molecule has 2 aromatic rings. The summed E-state index contributed by atoms with van der Waals surface area (Å²) in [6.45, 7) is 4.89. The smallest absolute Gasteiger partial charge is 0.164 e. The number of ketones is 1. The molecule has 0 aromatic carbocycles. The van der Waals surface area contributed by atoms with E-state index in [9.17, 15) is 4.79 Å². The minimum atomic E-state index is 0.299. The van der Waals surface area contributed by atoms with Gasteiger partial charge in [0.15, 0.2) is 5.78 Å². The molecule has 0 spiro atoms. The van der Waals surface area contributed by atoms with Crippen LogP contribution in [-0.2, 0) is 13.0 Å². The number of fused-ring (bicyclic) bond motifs is 1. The number of aromatic nitrogens is 2. The van der Waals surface area contributed by atoms with Crippen LogP contribution in [0.2, 0.25) is 0 Å². The lowest BCUT2D eigenvalue weighted by Gasteiger charge is -2.15. The van der Waals surface area contributed by atoms with Crippen molar-refractivity contribution in [3.63, 3.8) is 0 Å². The standard InChI is InChI=1S/C14H16N2OS/c1-9-8-18-14(15-9)7-16-10(2)6-11-12(16)4-3-5-13(11)17/h6,8H,3-5,7H2,1-2H3. The zero-order chi connectivity index (χ0) is 12.7. The predicted molar refractivity (Wildman–Crippen MR) is 72.4 cm³/mol. The van der Waals surface area contributed by atoms with Gasteiger partial charge in [0, 0.05) is 34.4 Å². The molecule has 0 fully saturated rings. The van der Waals surface area contributed by atoms with E-state index in [4.69, 9.17) is 0 Å². The van der Waals surface area contributed by atoms with Gasteiger partial charge in [0.1, 0.15) is 5.01 Å². The SMILES string of the molecule is Cc1csc(Cn2c(C)cc3c2CCCC3=O)n1. The zero-order valence-electron chi connectivity index (χ0n) is 10.7. The topological polar surface area (TPSA) is 34.9 Å². The third kappa shape index (κ3) is 1.90. The Morgan fingerprint density at radius 1 is 1.39 bits per heavy atom. The Balaban J connectivity index is 1.99. The average Bonchev–Trinajstić information content (AvgIpc) is 2.87. The monoisotopic (exact) mass is 260 g/mol. The molecule has 0 bridgehead atoms. The van der Waals surface area contributed by atoms with Crippen molar-refractivity contribution in [2.24, 2.45) is 0 Å². The van der Waals surface area contributed by atoms with Gasteiger partial charge in [-0.1, -0.05) is 0 Å². The third-order valence-electron chi connectivity index (χ3n) is 3.49. The molecule has 18 heavy (non-hydrogen) atoms. The summed E-state index contributed by atoms with van der Waals surface area (Å²) in [5.74, 6) is 0.299. The van der Waals surface area contributed by atoms with E-state index in [1.165, 1.54) is 11.4 Å². The van der Waals surface area contributed by atoms with Crippen molar-refractivity contribution in [3.05, 3.63) is 39.1 Å². The van der Waals surface area contributed by atoms with Gasteiger partial charge in [0.25, 0.3) is 0 Å². The lowest BCUT2D eigenvalue weighted by molar-refractivity contribution is 0.0972. The zero-order valence-corrected chi connectivity index (χ0v) is 11.5. The Morgan fingerprint density at radius 3 is 2.94 bits per heavy atom. The van der Waals surface area contributed by atoms with E-state index in [0.717, 1.165) is 35.7 Å². The van der Waals surface area contributed by atoms with Crippen molar-refractivity contribution in [1.82, 2.24) is 9.55 Å². The van der Waals surface area contributed by atoms with Gasteiger partial charge < -0.3 is 4.57 Å². The van der Waals surface area contributed by atoms with E-state index >= 15 is 0 Å². The second-order valence-electron chi connectivity index (χ2n) is 4.89. The van der Waals surface area contributed by atoms with Crippen LogP contribution in [0.5, 0.6) is 0 Å². The highest BCUT2D eigenvalue weighted by molar-refractivity contribution is 7.09. The molecule has 0 aliphatic heterocycles. The van der Waals surface area contributed by atoms with Gasteiger partial charge in [-0.3, -0.25) is 4.79 Å². The second kappa shape index (κ2) is 4.35. The van der Waals surface area contributed by atoms with E-state index in [1.54, 1.807) is 11.3 Å². The molecule has 2 heterocycles. The van der Waals surface area contributed by atoms with Crippen LogP contribution in [0.3, 0.4) is 0 Å². The first-order valence-electron chi connectivity index (χ1n) is 6.28. The molecule has 1 aliphatic rings. The van der Waals surface area contributed by atoms with E-state index < -0.39 is 0 Å². The minimum Gasteiger partial charge on any atom is -0.341 e. The maximum Gasteiger partial charge on any atom is 0.164 e. The quantitative estimate of drug-likeness (QED) is 0.831. The molecule has 0 saturated heterocycles. The minimum absolute atomic E-state index is 0.299. The molecule has 0 unspecified atom stereocenters. The molecule has 0 atom stereocenters. The summed E-state index contributed by atoms with van der Waals surface area (Å²) < 4.78 is 2.25. The molecular weight excluding hydrogens is 244 g/mol. The van der Waals surface area contributed by atoms with E-state index in [1.807, 2.05) is 13.0 Å². The molecule has 0 N–H and O–H groups in total. The Labute approximate surface area is 110 Å². The van der Waals surface area contributed by atoms with E-state index in [-0.39, 0.29) is 0 Å². The lowest BCUT2D eigenvalue weighted by Crippen LogP contribution is -2.14. The summed E-state index contributed by atoms with van der Waals surface area (Å²) >= 11 is 1.69. The maximum absolute atomic E-state index is 11.9. The van der Waals surface area contributed by atoms with Crippen LogP contribution >= 0.6 is 11.3 Å². The van der Waals surface area contributed by atoms with Gasteiger partial charge >= 0.3 is 0 Å². The fourth-order valence-electron chi connectivity index (χ4n) is 2.62. The first-order chi connectivity index (χ1) is 8.65. The Morgan fingerprint density at radius 2 is 2.22 bits per heavy atom. The number of thiazole rings is 1. The number of hydrogen-bond donors (Lipinski definition) is 0. The molecule has 2 aromatic heterocycles. The Kier molecular flexibility index (Phi) is 2.82. The highest BCUT2D eigenvalue weighted by atomic mass is 32.1. The van der Waals surface area contributed by atoms with Gasteiger partial charge in [-0.25, -0.2) is 4.98 Å². The molecule has 0 saturated carbocycles. The highest BCUT2D eigenvalue weighted by Crippen LogP contribution is 2.26. The van der Waals surface area contributed by atoms with Crippen molar-refractivity contribution in [3.8, 4) is 0 Å². The van der Waals surface area contributed by atoms with Gasteiger partial charge in [0.2, 0.25) is 0 Å². The van der Waals surface area contributed by atoms with Crippen LogP contribution in [0.1, 0.15) is 45.3 Å². The predicted octanol–water partition coefficient (Wildman–Crippen LogP) is 3.13. The third-order valence-corrected chi connectivity index (χ3v) is 4.44. The Bertz CT molecular complexity index is 609. The number of carbonyl (C=O) groups is 1. The summed E-state index contributed by atoms with van der Waals surface area (Å²) in [7, 11) is 0. The molecule has 4 heteroatoms. The van der Waals surface area contributed by atoms with Crippen LogP contribution in [0.25, 0.3) is 0 Å². The van der Waals surface area contributed by atoms with Crippen LogP contribution in [0.4, 0.5) is 0 Å². The Hall–Kier alpha value is -1.42. The normalized spacial score (nSPS) is 14.9. The summed E-state index contributed by atoms with van der Waals surface area (Å²) in [6.07, 6.45) is 2.69. The first-order valence-corrected chi connectivity index (χ1v) is 7.16. The lowest BCUT2D eigenvalue weighted by atomic mass is 9.97. The van der Waals surface area contributed by atoms with Crippen molar-refractivity contribution in [2.45, 2.75) is 39.7 Å². The molecule has 0 amide bonds. The van der Waals surface area contributed by atoms with Gasteiger partial charge in [-0.15, -0.1) is 11.3 Å². The summed E-state index contributed by atoms with van der Waals surface area (Å²) in [5, 5.41) is 3.19. The van der Waals surface area contributed by atoms with Crippen LogP contribution in [-0.4, -0.2) is 15.3 Å². The number of nitrogens with zero attached hydrogens (tertiary/aromatic N) is 2. The average molecular weight is 260 g/mol. The van der Waals surface area contributed by atoms with Crippen molar-refractivity contribution < 1.29 is 4.79 Å². The van der Waals surface area contributed by atoms with Gasteiger partial charge in [0.05, 0.1) is 6.54 Å². The summed E-state index contributed by atoms with van der Waals surface area (Å²) in [4.78, 5) is 16.4. The summed E-state index contributed by atoms with van der Waals surface area (Å²) in [6, 6.07) is 2.04. The van der Waals surface area contributed by atoms with Crippen molar-refractivity contribution in [1.29, 1.82) is 0 Å². The molecule has 3 rings (SSSR count). The van der Waals surface area contributed by atoms with Gasteiger partial charge in [-0.2, -0.15) is 0 Å². The fraction of sp³-hybridized carbons (Fsp3) is 0.429. The van der Waals surface area contributed by atoms with Crippen LogP contribution in [0, 0.1) is 13.8 Å². The van der Waals surface area contributed by atoms with Crippen molar-refractivity contribution in [2.75, 3.05) is 0 Å². The fourth-order valence-corrected chi connectivity index (χ4v) is 3.38. The van der Waals surface area contributed by atoms with E-state index in [2.05, 4.69) is 21.9 Å². The highest BCUT2D eigenvalue weighted by Gasteiger charge is 2.22. The van der Waals surface area contributed by atoms with Crippen molar-refractivity contribution >= 4 is 17.1 Å². The molecular formula is C14H16N2OS. The number of Topliss-reactive ketones (excluding diaryl/α,β-unsaturated/α-hetero) is 1. The number of hydrogen-bond acceptors (Lipinski definition) is 3. The van der Waals surface area contributed by atoms with E-state index in [0.29, 0.717) is 12.2 Å². The number of rotatable bonds is 2.